The highest BCUT2D eigenvalue weighted by Crippen LogP contribution is 2.22. The van der Waals surface area contributed by atoms with E-state index in [1.54, 1.807) is 24.3 Å². The average Bonchev–Trinajstić information content (AvgIpc) is 2.53. The number of nitrogens with zero attached hydrogens (tertiary/aromatic N) is 1. The van der Waals surface area contributed by atoms with Gasteiger partial charge in [0.1, 0.15) is 0 Å². The fraction of sp³-hybridized carbons (Fsp3) is 0.526. The summed E-state index contributed by atoms with van der Waals surface area (Å²) in [5, 5.41) is 14.9. The van der Waals surface area contributed by atoms with Crippen LogP contribution in [-0.2, 0) is 4.79 Å². The highest BCUT2D eigenvalue weighted by Gasteiger charge is 2.31. The molecule has 7 nitrogen and oxygen atoms in total. The molecule has 1 heterocycles. The van der Waals surface area contributed by atoms with Gasteiger partial charge >= 0.3 is 12.0 Å². The molecule has 0 radical (unpaired) electrons. The number of hydrogen-bond acceptors (Lipinski definition) is 3. The molecule has 26 heavy (non-hydrogen) atoms. The molecule has 2 rings (SSSR count). The summed E-state index contributed by atoms with van der Waals surface area (Å²) >= 11 is 0. The standard InChI is InChI=1S/C19H27N3O4/c1-12-9-14(17(24)25)11-22(10-12)18(26)20-15-7-5-13(6-8-15)16(23)21-19(2,3)4/h5-8,12,14H,9-11H2,1-4H3,(H,20,26)(H,21,23)(H,24,25). The second-order valence-corrected chi connectivity index (χ2v) is 7.99. The maximum absolute atomic E-state index is 12.4. The van der Waals surface area contributed by atoms with E-state index in [1.165, 1.54) is 4.90 Å². The number of carbonyl (C=O) groups is 3. The summed E-state index contributed by atoms with van der Waals surface area (Å²) in [6.07, 6.45) is 0.580. The molecule has 0 aliphatic carbocycles. The van der Waals surface area contributed by atoms with Crippen molar-refractivity contribution in [2.45, 2.75) is 39.7 Å². The van der Waals surface area contributed by atoms with Crippen molar-refractivity contribution in [3.8, 4) is 0 Å². The monoisotopic (exact) mass is 361 g/mol. The summed E-state index contributed by atoms with van der Waals surface area (Å²) in [5.74, 6) is -1.44. The summed E-state index contributed by atoms with van der Waals surface area (Å²) in [6, 6.07) is 6.30. The van der Waals surface area contributed by atoms with E-state index in [1.807, 2.05) is 27.7 Å². The molecule has 0 aromatic heterocycles. The SMILES string of the molecule is CC1CC(C(=O)O)CN(C(=O)Nc2ccc(C(=O)NC(C)(C)C)cc2)C1. The normalized spacial score (nSPS) is 20.4. The van der Waals surface area contributed by atoms with Gasteiger partial charge < -0.3 is 20.6 Å². The Hall–Kier alpha value is -2.57. The van der Waals surface area contributed by atoms with Crippen LogP contribution in [0.15, 0.2) is 24.3 Å². The summed E-state index contributed by atoms with van der Waals surface area (Å²) in [5.41, 5.74) is 0.748. The molecule has 7 heteroatoms. The Morgan fingerprint density at radius 1 is 1.12 bits per heavy atom. The number of anilines is 1. The molecule has 2 atom stereocenters. The van der Waals surface area contributed by atoms with Gasteiger partial charge in [0.25, 0.3) is 5.91 Å². The topological polar surface area (TPSA) is 98.7 Å². The van der Waals surface area contributed by atoms with Crippen LogP contribution in [0, 0.1) is 11.8 Å². The molecule has 0 saturated carbocycles. The first-order valence-corrected chi connectivity index (χ1v) is 8.76. The number of rotatable bonds is 3. The number of aliphatic carboxylic acids is 1. The lowest BCUT2D eigenvalue weighted by Gasteiger charge is -2.34. The van der Waals surface area contributed by atoms with E-state index in [0.717, 1.165) is 0 Å². The lowest BCUT2D eigenvalue weighted by atomic mass is 9.91. The molecule has 1 aromatic carbocycles. The Labute approximate surface area is 153 Å². The van der Waals surface area contributed by atoms with Gasteiger partial charge in [0, 0.05) is 29.9 Å². The Bertz CT molecular complexity index is 679. The van der Waals surface area contributed by atoms with E-state index in [-0.39, 0.29) is 29.9 Å². The Balaban J connectivity index is 1.99. The fourth-order valence-corrected chi connectivity index (χ4v) is 3.02. The number of benzene rings is 1. The van der Waals surface area contributed by atoms with Crippen LogP contribution in [0.5, 0.6) is 0 Å². The minimum Gasteiger partial charge on any atom is -0.481 e. The van der Waals surface area contributed by atoms with Crippen LogP contribution in [0.2, 0.25) is 0 Å². The molecule has 1 saturated heterocycles. The first kappa shape index (κ1) is 19.8. The van der Waals surface area contributed by atoms with Crippen LogP contribution in [0.3, 0.4) is 0 Å². The molecule has 2 unspecified atom stereocenters. The van der Waals surface area contributed by atoms with Crippen LogP contribution < -0.4 is 10.6 Å². The van der Waals surface area contributed by atoms with Crippen LogP contribution in [0.4, 0.5) is 10.5 Å². The first-order chi connectivity index (χ1) is 12.0. The van der Waals surface area contributed by atoms with Crippen LogP contribution in [0.1, 0.15) is 44.5 Å². The smallest absolute Gasteiger partial charge is 0.321 e. The number of piperidine rings is 1. The lowest BCUT2D eigenvalue weighted by Crippen LogP contribution is -2.47. The van der Waals surface area contributed by atoms with E-state index >= 15 is 0 Å². The third kappa shape index (κ3) is 5.47. The Morgan fingerprint density at radius 2 is 1.73 bits per heavy atom. The molecule has 3 N–H and O–H groups in total. The zero-order valence-electron chi connectivity index (χ0n) is 15.7. The molecule has 1 aliphatic rings. The van der Waals surface area contributed by atoms with Crippen molar-refractivity contribution in [3.05, 3.63) is 29.8 Å². The van der Waals surface area contributed by atoms with E-state index < -0.39 is 11.9 Å². The van der Waals surface area contributed by atoms with Crippen molar-refractivity contribution < 1.29 is 19.5 Å². The largest absolute Gasteiger partial charge is 0.481 e. The molecule has 1 aromatic rings. The quantitative estimate of drug-likeness (QED) is 0.771. The Morgan fingerprint density at radius 3 is 2.27 bits per heavy atom. The molecular weight excluding hydrogens is 334 g/mol. The van der Waals surface area contributed by atoms with Gasteiger partial charge in [0.2, 0.25) is 0 Å². The van der Waals surface area contributed by atoms with E-state index in [9.17, 15) is 19.5 Å². The number of carbonyl (C=O) groups excluding carboxylic acids is 2. The van der Waals surface area contributed by atoms with Gasteiger partial charge in [-0.1, -0.05) is 6.92 Å². The van der Waals surface area contributed by atoms with Crippen molar-refractivity contribution in [2.75, 3.05) is 18.4 Å². The van der Waals surface area contributed by atoms with Gasteiger partial charge in [-0.2, -0.15) is 0 Å². The second kappa shape index (κ2) is 7.76. The zero-order valence-corrected chi connectivity index (χ0v) is 15.7. The van der Waals surface area contributed by atoms with Crippen molar-refractivity contribution in [1.82, 2.24) is 10.2 Å². The van der Waals surface area contributed by atoms with Gasteiger partial charge in [-0.25, -0.2) is 4.79 Å². The number of amides is 3. The van der Waals surface area contributed by atoms with Gasteiger partial charge in [0.15, 0.2) is 0 Å². The summed E-state index contributed by atoms with van der Waals surface area (Å²) < 4.78 is 0. The molecule has 3 amide bonds. The molecule has 0 bridgehead atoms. The van der Waals surface area contributed by atoms with E-state index in [4.69, 9.17) is 0 Å². The van der Waals surface area contributed by atoms with E-state index in [2.05, 4.69) is 10.6 Å². The highest BCUT2D eigenvalue weighted by molar-refractivity contribution is 5.96. The minimum absolute atomic E-state index is 0.138. The number of hydrogen-bond donors (Lipinski definition) is 3. The van der Waals surface area contributed by atoms with Crippen LogP contribution in [-0.4, -0.2) is 46.5 Å². The Kier molecular flexibility index (Phi) is 5.90. The first-order valence-electron chi connectivity index (χ1n) is 8.76. The van der Waals surface area contributed by atoms with E-state index in [0.29, 0.717) is 24.2 Å². The predicted molar refractivity (Wildman–Crippen MR) is 99.2 cm³/mol. The van der Waals surface area contributed by atoms with Crippen molar-refractivity contribution >= 4 is 23.6 Å². The van der Waals surface area contributed by atoms with Crippen molar-refractivity contribution in [2.24, 2.45) is 11.8 Å². The summed E-state index contributed by atoms with van der Waals surface area (Å²) in [4.78, 5) is 37.3. The second-order valence-electron chi connectivity index (χ2n) is 7.99. The fourth-order valence-electron chi connectivity index (χ4n) is 3.02. The highest BCUT2D eigenvalue weighted by atomic mass is 16.4. The van der Waals surface area contributed by atoms with Gasteiger partial charge in [0.05, 0.1) is 5.92 Å². The number of nitrogens with one attached hydrogen (secondary N) is 2. The van der Waals surface area contributed by atoms with Crippen LogP contribution in [0.25, 0.3) is 0 Å². The summed E-state index contributed by atoms with van der Waals surface area (Å²) in [7, 11) is 0. The lowest BCUT2D eigenvalue weighted by molar-refractivity contribution is -0.143. The maximum Gasteiger partial charge on any atom is 0.321 e. The third-order valence-corrected chi connectivity index (χ3v) is 4.18. The zero-order chi connectivity index (χ0) is 19.5. The van der Waals surface area contributed by atoms with Crippen molar-refractivity contribution in [1.29, 1.82) is 0 Å². The predicted octanol–water partition coefficient (Wildman–Crippen LogP) is 2.79. The number of urea groups is 1. The molecule has 1 aliphatic heterocycles. The molecule has 0 spiro atoms. The van der Waals surface area contributed by atoms with Gasteiger partial charge in [-0.05, 0) is 57.4 Å². The maximum atomic E-state index is 12.4. The molecule has 1 fully saturated rings. The molecule has 142 valence electrons. The third-order valence-electron chi connectivity index (χ3n) is 4.18. The molecular formula is C19H27N3O4. The average molecular weight is 361 g/mol. The van der Waals surface area contributed by atoms with Crippen molar-refractivity contribution in [3.63, 3.8) is 0 Å². The minimum atomic E-state index is -0.872. The number of carboxylic acid groups (broad SMARTS) is 1. The number of likely N-dealkylation sites (tertiary alicyclic amines) is 1. The van der Waals surface area contributed by atoms with Gasteiger partial charge in [-0.3, -0.25) is 9.59 Å². The van der Waals surface area contributed by atoms with Crippen LogP contribution >= 0.6 is 0 Å². The summed E-state index contributed by atoms with van der Waals surface area (Å²) in [6.45, 7) is 8.40. The number of carboxylic acids is 1. The van der Waals surface area contributed by atoms with Gasteiger partial charge in [-0.15, -0.1) is 0 Å².